The van der Waals surface area contributed by atoms with Crippen LogP contribution in [0, 0.1) is 16.0 Å². The van der Waals surface area contributed by atoms with Gasteiger partial charge in [0.15, 0.2) is 5.92 Å². The average molecular weight is 438 g/mol. The maximum atomic E-state index is 13.6. The Morgan fingerprint density at radius 2 is 1.91 bits per heavy atom. The number of para-hydroxylation sites is 2. The number of nitrogens with zero attached hydrogens (tertiary/aromatic N) is 4. The van der Waals surface area contributed by atoms with Gasteiger partial charge in [-0.2, -0.15) is 0 Å². The highest BCUT2D eigenvalue weighted by molar-refractivity contribution is 6.08. The second-order valence-corrected chi connectivity index (χ2v) is 7.28. The van der Waals surface area contributed by atoms with E-state index in [9.17, 15) is 19.7 Å². The second-order valence-electron chi connectivity index (χ2n) is 7.28. The highest BCUT2D eigenvalue weighted by atomic mass is 16.6. The van der Waals surface area contributed by atoms with Gasteiger partial charge in [0.1, 0.15) is 0 Å². The summed E-state index contributed by atoms with van der Waals surface area (Å²) in [5.41, 5.74) is 1.88. The van der Waals surface area contributed by atoms with Gasteiger partial charge in [0, 0.05) is 19.2 Å². The number of nitro groups is 1. The Morgan fingerprint density at radius 3 is 2.56 bits per heavy atom. The Bertz CT molecular complexity index is 1170. The highest BCUT2D eigenvalue weighted by Gasteiger charge is 2.47. The number of nitro benzene ring substituents is 1. The zero-order valence-electron chi connectivity index (χ0n) is 17.6. The molecular weight excluding hydrogens is 416 g/mol. The van der Waals surface area contributed by atoms with Crippen LogP contribution < -0.4 is 4.90 Å². The second kappa shape index (κ2) is 8.75. The normalized spacial score (nSPS) is 17.9. The third-order valence-corrected chi connectivity index (χ3v) is 5.45. The minimum Gasteiger partial charge on any atom is -0.465 e. The third kappa shape index (κ3) is 3.58. The molecule has 2 atom stereocenters. The summed E-state index contributed by atoms with van der Waals surface area (Å²) < 4.78 is 12.3. The first-order valence-corrected chi connectivity index (χ1v) is 10.2. The molecule has 166 valence electrons. The average Bonchev–Trinajstić information content (AvgIpc) is 3.17. The first-order chi connectivity index (χ1) is 15.5. The number of ether oxygens (including phenoxy) is 2. The number of carbonyl (C=O) groups excluding carboxylic acids is 2. The van der Waals surface area contributed by atoms with Gasteiger partial charge in [-0.1, -0.05) is 24.3 Å². The molecule has 2 heterocycles. The number of imidazole rings is 1. The molecule has 32 heavy (non-hydrogen) atoms. The topological polar surface area (TPSA) is 117 Å². The third-order valence-electron chi connectivity index (χ3n) is 5.45. The molecule has 2 aromatic carbocycles. The lowest BCUT2D eigenvalue weighted by Gasteiger charge is -2.37. The standard InChI is InChI=1S/C22H22N4O6/c1-3-32-21(28)18-19(14-8-10-15(11-9-14)26(29)30)25-17-7-5-4-6-16(17)23-22(25)24(20(18)27)12-13-31-2/h4-11,18-19H,3,12-13H2,1-2H3/t18-,19+/m0/s1. The number of aromatic nitrogens is 2. The van der Waals surface area contributed by atoms with E-state index >= 15 is 0 Å². The highest BCUT2D eigenvalue weighted by Crippen LogP contribution is 2.41. The number of esters is 1. The fourth-order valence-electron chi connectivity index (χ4n) is 4.04. The maximum absolute atomic E-state index is 13.6. The fourth-order valence-corrected chi connectivity index (χ4v) is 4.04. The molecule has 1 aliphatic rings. The van der Waals surface area contributed by atoms with Gasteiger partial charge in [0.25, 0.3) is 5.69 Å². The van der Waals surface area contributed by atoms with Crippen LogP contribution in [-0.4, -0.2) is 53.2 Å². The number of methoxy groups -OCH3 is 1. The lowest BCUT2D eigenvalue weighted by molar-refractivity contribution is -0.384. The summed E-state index contributed by atoms with van der Waals surface area (Å²) in [5, 5.41) is 11.1. The van der Waals surface area contributed by atoms with Crippen molar-refractivity contribution in [3.63, 3.8) is 0 Å². The van der Waals surface area contributed by atoms with Crippen molar-refractivity contribution in [3.05, 3.63) is 64.2 Å². The van der Waals surface area contributed by atoms with Crippen LogP contribution in [0.1, 0.15) is 18.5 Å². The van der Waals surface area contributed by atoms with Gasteiger partial charge < -0.3 is 14.0 Å². The van der Waals surface area contributed by atoms with Crippen molar-refractivity contribution in [1.29, 1.82) is 0 Å². The zero-order chi connectivity index (χ0) is 22.8. The monoisotopic (exact) mass is 438 g/mol. The van der Waals surface area contributed by atoms with Crippen molar-refractivity contribution in [3.8, 4) is 0 Å². The maximum Gasteiger partial charge on any atom is 0.321 e. The molecule has 0 saturated heterocycles. The van der Waals surface area contributed by atoms with Gasteiger partial charge >= 0.3 is 5.97 Å². The number of carbonyl (C=O) groups is 2. The van der Waals surface area contributed by atoms with Crippen LogP contribution in [0.2, 0.25) is 0 Å². The summed E-state index contributed by atoms with van der Waals surface area (Å²) in [4.78, 5) is 43.3. The number of anilines is 1. The summed E-state index contributed by atoms with van der Waals surface area (Å²) in [6.45, 7) is 2.26. The SMILES string of the molecule is CCOC(=O)[C@@H]1C(=O)N(CCOC)c2nc3ccccc3n2[C@@H]1c1ccc([N+](=O)[O-])cc1. The molecule has 10 nitrogen and oxygen atoms in total. The van der Waals surface area contributed by atoms with Crippen LogP contribution in [0.25, 0.3) is 11.0 Å². The van der Waals surface area contributed by atoms with E-state index in [-0.39, 0.29) is 25.4 Å². The van der Waals surface area contributed by atoms with Gasteiger partial charge in [-0.25, -0.2) is 4.98 Å². The van der Waals surface area contributed by atoms with Crippen molar-refractivity contribution < 1.29 is 24.0 Å². The first kappa shape index (κ1) is 21.4. The Hall–Kier alpha value is -3.79. The molecule has 1 amide bonds. The molecule has 0 aliphatic carbocycles. The molecule has 0 N–H and O–H groups in total. The van der Waals surface area contributed by atoms with E-state index < -0.39 is 28.8 Å². The molecule has 3 aromatic rings. The molecule has 0 spiro atoms. The van der Waals surface area contributed by atoms with E-state index in [0.29, 0.717) is 17.0 Å². The summed E-state index contributed by atoms with van der Waals surface area (Å²) in [5.74, 6) is -1.91. The molecule has 0 saturated carbocycles. The van der Waals surface area contributed by atoms with E-state index in [0.717, 1.165) is 5.52 Å². The van der Waals surface area contributed by atoms with Crippen LogP contribution in [0.15, 0.2) is 48.5 Å². The van der Waals surface area contributed by atoms with Crippen molar-refractivity contribution >= 4 is 34.5 Å². The minimum absolute atomic E-state index is 0.0824. The van der Waals surface area contributed by atoms with Crippen molar-refractivity contribution in [2.45, 2.75) is 13.0 Å². The van der Waals surface area contributed by atoms with Gasteiger partial charge in [-0.05, 0) is 24.6 Å². The van der Waals surface area contributed by atoms with Gasteiger partial charge in [0.05, 0.1) is 41.8 Å². The summed E-state index contributed by atoms with van der Waals surface area (Å²) >= 11 is 0. The zero-order valence-corrected chi connectivity index (χ0v) is 17.6. The van der Waals surface area contributed by atoms with E-state index in [1.165, 1.54) is 24.1 Å². The molecular formula is C22H22N4O6. The quantitative estimate of drug-likeness (QED) is 0.241. The van der Waals surface area contributed by atoms with Crippen molar-refractivity contribution in [2.75, 3.05) is 31.8 Å². The molecule has 10 heteroatoms. The van der Waals surface area contributed by atoms with Gasteiger partial charge in [-0.3, -0.25) is 24.6 Å². The molecule has 0 fully saturated rings. The summed E-state index contributed by atoms with van der Waals surface area (Å²) in [6.07, 6.45) is 0. The lowest BCUT2D eigenvalue weighted by atomic mass is 9.89. The molecule has 0 bridgehead atoms. The van der Waals surface area contributed by atoms with Crippen LogP contribution in [0.5, 0.6) is 0 Å². The summed E-state index contributed by atoms with van der Waals surface area (Å²) in [6, 6.07) is 12.4. The van der Waals surface area contributed by atoms with E-state index in [1.54, 1.807) is 19.1 Å². The number of fused-ring (bicyclic) bond motifs is 3. The number of hydrogen-bond donors (Lipinski definition) is 0. The number of rotatable bonds is 7. The summed E-state index contributed by atoms with van der Waals surface area (Å²) in [7, 11) is 1.53. The Morgan fingerprint density at radius 1 is 1.19 bits per heavy atom. The smallest absolute Gasteiger partial charge is 0.321 e. The van der Waals surface area contributed by atoms with Crippen LogP contribution in [-0.2, 0) is 19.1 Å². The number of hydrogen-bond acceptors (Lipinski definition) is 7. The van der Waals surface area contributed by atoms with Crippen LogP contribution >= 0.6 is 0 Å². The largest absolute Gasteiger partial charge is 0.465 e. The molecule has 0 radical (unpaired) electrons. The first-order valence-electron chi connectivity index (χ1n) is 10.2. The van der Waals surface area contributed by atoms with Crippen LogP contribution in [0.4, 0.5) is 11.6 Å². The Balaban J connectivity index is 1.95. The lowest BCUT2D eigenvalue weighted by Crippen LogP contribution is -2.51. The van der Waals surface area contributed by atoms with E-state index in [1.807, 2.05) is 28.8 Å². The fraction of sp³-hybridized carbons (Fsp3) is 0.318. The van der Waals surface area contributed by atoms with Gasteiger partial charge in [0.2, 0.25) is 11.9 Å². The van der Waals surface area contributed by atoms with Crippen LogP contribution in [0.3, 0.4) is 0 Å². The van der Waals surface area contributed by atoms with Crippen molar-refractivity contribution in [2.24, 2.45) is 5.92 Å². The molecule has 4 rings (SSSR count). The molecule has 1 aliphatic heterocycles. The molecule has 1 aromatic heterocycles. The Labute approximate surface area is 183 Å². The Kier molecular flexibility index (Phi) is 5.87. The predicted molar refractivity (Wildman–Crippen MR) is 115 cm³/mol. The minimum atomic E-state index is -1.18. The van der Waals surface area contributed by atoms with Gasteiger partial charge in [-0.15, -0.1) is 0 Å². The number of non-ortho nitro benzene ring substituents is 1. The molecule has 0 unspecified atom stereocenters. The van der Waals surface area contributed by atoms with E-state index in [4.69, 9.17) is 9.47 Å². The predicted octanol–water partition coefficient (Wildman–Crippen LogP) is 2.71. The number of benzene rings is 2. The van der Waals surface area contributed by atoms with Crippen molar-refractivity contribution in [1.82, 2.24) is 9.55 Å². The number of amides is 1. The van der Waals surface area contributed by atoms with E-state index in [2.05, 4.69) is 4.98 Å².